The van der Waals surface area contributed by atoms with Gasteiger partial charge >= 0.3 is 3.93 Å². The first-order valence-electron chi connectivity index (χ1n) is 1.62. The number of thioether (sulfide) groups is 1. The molecule has 4 heteroatoms. The summed E-state index contributed by atoms with van der Waals surface area (Å²) in [6.45, 7) is 0. The highest BCUT2D eigenvalue weighted by molar-refractivity contribution is 14.1. The van der Waals surface area contributed by atoms with Gasteiger partial charge in [0.05, 0.1) is 5.75 Å². The fourth-order valence-electron chi connectivity index (χ4n) is 0.164. The van der Waals surface area contributed by atoms with E-state index in [1.807, 2.05) is 0 Å². The molecule has 0 bridgehead atoms. The van der Waals surface area contributed by atoms with Gasteiger partial charge in [-0.3, -0.25) is 0 Å². The van der Waals surface area contributed by atoms with E-state index < -0.39 is 3.93 Å². The van der Waals surface area contributed by atoms with Crippen molar-refractivity contribution in [1.29, 1.82) is 0 Å². The summed E-state index contributed by atoms with van der Waals surface area (Å²) in [6.07, 6.45) is 1.66. The quantitative estimate of drug-likeness (QED) is 0.525. The SMILES string of the molecule is CSCC(F)(F)I. The molecule has 0 nitrogen and oxygen atoms in total. The number of halogens is 3. The van der Waals surface area contributed by atoms with E-state index in [1.165, 1.54) is 0 Å². The second kappa shape index (κ2) is 3.06. The second-order valence-corrected chi connectivity index (χ2v) is 3.49. The van der Waals surface area contributed by atoms with Crippen LogP contribution in [0.3, 0.4) is 0 Å². The van der Waals surface area contributed by atoms with E-state index in [0.29, 0.717) is 0 Å². The summed E-state index contributed by atoms with van der Waals surface area (Å²) < 4.78 is 20.9. The van der Waals surface area contributed by atoms with Gasteiger partial charge in [0.25, 0.3) is 0 Å². The first-order chi connectivity index (χ1) is 3.06. The lowest BCUT2D eigenvalue weighted by molar-refractivity contribution is 0.156. The molecule has 0 spiro atoms. The third-order valence-electron chi connectivity index (χ3n) is 0.308. The largest absolute Gasteiger partial charge is 0.305 e. The summed E-state index contributed by atoms with van der Waals surface area (Å²) in [5, 5.41) is 0. The molecule has 0 aromatic heterocycles. The minimum atomic E-state index is -2.52. The molecule has 0 saturated heterocycles. The third kappa shape index (κ3) is 6.94. The van der Waals surface area contributed by atoms with Crippen LogP contribution in [0.5, 0.6) is 0 Å². The molecule has 44 valence electrons. The van der Waals surface area contributed by atoms with Crippen molar-refractivity contribution in [3.63, 3.8) is 0 Å². The summed E-state index contributed by atoms with van der Waals surface area (Å²) in [5.74, 6) is -0.0897. The molecule has 7 heavy (non-hydrogen) atoms. The predicted octanol–water partition coefficient (Wildman–Crippen LogP) is 2.38. The average molecular weight is 238 g/mol. The van der Waals surface area contributed by atoms with Crippen LogP contribution in [-0.2, 0) is 0 Å². The van der Waals surface area contributed by atoms with Crippen molar-refractivity contribution in [2.75, 3.05) is 12.0 Å². The molecule has 0 aliphatic rings. The van der Waals surface area contributed by atoms with Gasteiger partial charge in [0, 0.05) is 0 Å². The van der Waals surface area contributed by atoms with E-state index in [2.05, 4.69) is 0 Å². The van der Waals surface area contributed by atoms with E-state index in [0.717, 1.165) is 34.4 Å². The Morgan fingerprint density at radius 1 is 1.71 bits per heavy atom. The zero-order valence-electron chi connectivity index (χ0n) is 3.75. The van der Waals surface area contributed by atoms with E-state index in [9.17, 15) is 8.78 Å². The average Bonchev–Trinajstić information content (AvgIpc) is 1.30. The topological polar surface area (TPSA) is 0 Å². The van der Waals surface area contributed by atoms with Crippen LogP contribution in [0.4, 0.5) is 8.78 Å². The Morgan fingerprint density at radius 3 is 2.14 bits per heavy atom. The molecule has 0 aromatic carbocycles. The van der Waals surface area contributed by atoms with Gasteiger partial charge in [-0.15, -0.1) is 0 Å². The Labute approximate surface area is 59.2 Å². The number of hydrogen-bond donors (Lipinski definition) is 0. The lowest BCUT2D eigenvalue weighted by atomic mass is 10.9. The molecule has 0 N–H and O–H groups in total. The lowest BCUT2D eigenvalue weighted by Gasteiger charge is -2.02. The van der Waals surface area contributed by atoms with Crippen molar-refractivity contribution in [2.24, 2.45) is 0 Å². The molecule has 0 rings (SSSR count). The highest BCUT2D eigenvalue weighted by Gasteiger charge is 2.21. The molecule has 0 fully saturated rings. The maximum absolute atomic E-state index is 11.7. The van der Waals surface area contributed by atoms with Gasteiger partial charge in [0.2, 0.25) is 0 Å². The Kier molecular flexibility index (Phi) is 3.48. The minimum absolute atomic E-state index is 0.0897. The molecule has 0 radical (unpaired) electrons. The van der Waals surface area contributed by atoms with Crippen molar-refractivity contribution in [3.8, 4) is 0 Å². The fourth-order valence-corrected chi connectivity index (χ4v) is 1.43. The third-order valence-corrected chi connectivity index (χ3v) is 1.86. The van der Waals surface area contributed by atoms with E-state index in [-0.39, 0.29) is 5.75 Å². The maximum atomic E-state index is 11.7. The zero-order chi connectivity index (χ0) is 5.91. The molecule has 0 saturated carbocycles. The molecule has 0 heterocycles. The zero-order valence-corrected chi connectivity index (χ0v) is 6.72. The van der Waals surface area contributed by atoms with Crippen molar-refractivity contribution in [1.82, 2.24) is 0 Å². The molecule has 0 aliphatic carbocycles. The van der Waals surface area contributed by atoms with Crippen LogP contribution in [-0.4, -0.2) is 15.9 Å². The van der Waals surface area contributed by atoms with Crippen molar-refractivity contribution < 1.29 is 8.78 Å². The van der Waals surface area contributed by atoms with Crippen molar-refractivity contribution >= 4 is 34.4 Å². The van der Waals surface area contributed by atoms with Gasteiger partial charge in [-0.1, -0.05) is 0 Å². The van der Waals surface area contributed by atoms with Gasteiger partial charge < -0.3 is 0 Å². The predicted molar refractivity (Wildman–Crippen MR) is 37.3 cm³/mol. The lowest BCUT2D eigenvalue weighted by Crippen LogP contribution is -2.06. The molecular weight excluding hydrogens is 233 g/mol. The highest BCUT2D eigenvalue weighted by atomic mass is 127. The summed E-state index contributed by atoms with van der Waals surface area (Å²) in [7, 11) is 0. The Morgan fingerprint density at radius 2 is 2.14 bits per heavy atom. The molecule has 0 aliphatic heterocycles. The number of alkyl halides is 3. The fraction of sp³-hybridized carbons (Fsp3) is 1.00. The van der Waals surface area contributed by atoms with Crippen molar-refractivity contribution in [3.05, 3.63) is 0 Å². The van der Waals surface area contributed by atoms with Crippen LogP contribution in [0, 0.1) is 0 Å². The van der Waals surface area contributed by atoms with E-state index in [4.69, 9.17) is 0 Å². The first kappa shape index (κ1) is 7.94. The van der Waals surface area contributed by atoms with E-state index >= 15 is 0 Å². The van der Waals surface area contributed by atoms with Gasteiger partial charge in [-0.05, 0) is 28.8 Å². The Bertz CT molecular complexity index is 51.4. The molecule has 0 aromatic rings. The molecule has 0 atom stereocenters. The number of rotatable bonds is 2. The Hall–Kier alpha value is 0.940. The van der Waals surface area contributed by atoms with Gasteiger partial charge in [0.1, 0.15) is 0 Å². The second-order valence-electron chi connectivity index (χ2n) is 1.05. The van der Waals surface area contributed by atoms with Gasteiger partial charge in [-0.25, -0.2) is 0 Å². The van der Waals surface area contributed by atoms with Crippen LogP contribution in [0.2, 0.25) is 0 Å². The summed E-state index contributed by atoms with van der Waals surface area (Å²) in [4.78, 5) is 0. The normalized spacial score (nSPS) is 12.0. The molecular formula is C3H5F2IS. The Balaban J connectivity index is 3.15. The minimum Gasteiger partial charge on any atom is -0.194 e. The smallest absolute Gasteiger partial charge is 0.194 e. The summed E-state index contributed by atoms with van der Waals surface area (Å²) >= 11 is 2.27. The summed E-state index contributed by atoms with van der Waals surface area (Å²) in [6, 6.07) is 0. The molecule has 0 amide bonds. The van der Waals surface area contributed by atoms with Gasteiger partial charge in [-0.2, -0.15) is 20.5 Å². The van der Waals surface area contributed by atoms with Crippen LogP contribution < -0.4 is 0 Å². The maximum Gasteiger partial charge on any atom is 0.305 e. The van der Waals surface area contributed by atoms with Crippen molar-refractivity contribution in [2.45, 2.75) is 3.93 Å². The van der Waals surface area contributed by atoms with Crippen LogP contribution in [0.1, 0.15) is 0 Å². The van der Waals surface area contributed by atoms with Crippen LogP contribution >= 0.6 is 34.4 Å². The van der Waals surface area contributed by atoms with Crippen LogP contribution in [0.25, 0.3) is 0 Å². The molecule has 0 unspecified atom stereocenters. The number of hydrogen-bond acceptors (Lipinski definition) is 1. The van der Waals surface area contributed by atoms with Gasteiger partial charge in [0.15, 0.2) is 0 Å². The highest BCUT2D eigenvalue weighted by Crippen LogP contribution is 2.25. The monoisotopic (exact) mass is 238 g/mol. The summed E-state index contributed by atoms with van der Waals surface area (Å²) in [5.41, 5.74) is 0. The first-order valence-corrected chi connectivity index (χ1v) is 4.09. The standard InChI is InChI=1S/C3H5F2IS/c1-7-2-3(4,5)6/h2H2,1H3. The van der Waals surface area contributed by atoms with E-state index in [1.54, 1.807) is 6.26 Å². The van der Waals surface area contributed by atoms with Crippen LogP contribution in [0.15, 0.2) is 0 Å².